The summed E-state index contributed by atoms with van der Waals surface area (Å²) in [6, 6.07) is 14.2. The molecule has 2 aliphatic rings. The molecular weight excluding hydrogens is 577 g/mol. The first-order valence-electron chi connectivity index (χ1n) is 11.8. The smallest absolute Gasteiger partial charge is 0.356 e. The van der Waals surface area contributed by atoms with Crippen LogP contribution in [0.3, 0.4) is 0 Å². The van der Waals surface area contributed by atoms with Gasteiger partial charge in [-0.1, -0.05) is 53.9 Å². The molecule has 2 heterocycles. The second-order valence-electron chi connectivity index (χ2n) is 8.45. The largest absolute Gasteiger partial charge is 0.497 e. The summed E-state index contributed by atoms with van der Waals surface area (Å²) in [6.07, 6.45) is 1.82. The number of thioether (sulfide) groups is 4. The number of methoxy groups -OCH3 is 1. The molecule has 0 saturated carbocycles. The fourth-order valence-corrected chi connectivity index (χ4v) is 7.55. The number of esters is 1. The minimum absolute atomic E-state index is 0.0219. The standard InChI is InChI=1S/C26H28N4O5S4/c1-34-17-9-7-15(8-10-17)11-35-25(33)22-19(39-18-6-4-3-5-16(18)12-38-26(27)28)13-37-24-21(23(32)30(22)24)29-20(31)14-36-2/h3-10,21,24H,11-14H2,1-2H3,(H3,27,28)(H,29,31)/t21-,24-/m1/s1. The van der Waals surface area contributed by atoms with Crippen molar-refractivity contribution < 1.29 is 23.9 Å². The zero-order valence-corrected chi connectivity index (χ0v) is 24.6. The van der Waals surface area contributed by atoms with Crippen LogP contribution in [0.2, 0.25) is 0 Å². The summed E-state index contributed by atoms with van der Waals surface area (Å²) in [5.41, 5.74) is 7.49. The molecule has 2 aliphatic heterocycles. The average Bonchev–Trinajstić information content (AvgIpc) is 2.94. The molecule has 4 N–H and O–H groups in total. The van der Waals surface area contributed by atoms with Crippen LogP contribution in [0.5, 0.6) is 5.75 Å². The van der Waals surface area contributed by atoms with Crippen LogP contribution in [0.1, 0.15) is 11.1 Å². The average molecular weight is 605 g/mol. The predicted molar refractivity (Wildman–Crippen MR) is 159 cm³/mol. The van der Waals surface area contributed by atoms with Gasteiger partial charge in [-0.2, -0.15) is 11.8 Å². The Morgan fingerprint density at radius 2 is 1.95 bits per heavy atom. The minimum atomic E-state index is -0.690. The number of fused-ring (bicyclic) bond motifs is 1. The quantitative estimate of drug-likeness (QED) is 0.151. The Morgan fingerprint density at radius 1 is 1.21 bits per heavy atom. The summed E-state index contributed by atoms with van der Waals surface area (Å²) in [4.78, 5) is 42.0. The highest BCUT2D eigenvalue weighted by molar-refractivity contribution is 8.13. The van der Waals surface area contributed by atoms with Crippen molar-refractivity contribution in [1.29, 1.82) is 5.41 Å². The van der Waals surface area contributed by atoms with Crippen molar-refractivity contribution in [3.63, 3.8) is 0 Å². The summed E-state index contributed by atoms with van der Waals surface area (Å²) in [5.74, 6) is 0.768. The van der Waals surface area contributed by atoms with E-state index in [1.165, 1.54) is 51.9 Å². The number of rotatable bonds is 11. The zero-order valence-electron chi connectivity index (χ0n) is 21.3. The number of β-lactam (4-membered cyclic amide) rings is 1. The van der Waals surface area contributed by atoms with Crippen LogP contribution in [0.25, 0.3) is 0 Å². The molecule has 2 aromatic carbocycles. The summed E-state index contributed by atoms with van der Waals surface area (Å²) in [5, 5.41) is 9.97. The summed E-state index contributed by atoms with van der Waals surface area (Å²) < 4.78 is 10.9. The molecule has 2 aromatic rings. The van der Waals surface area contributed by atoms with Crippen LogP contribution >= 0.6 is 47.0 Å². The van der Waals surface area contributed by atoms with Crippen molar-refractivity contribution in [2.24, 2.45) is 5.73 Å². The molecule has 1 saturated heterocycles. The highest BCUT2D eigenvalue weighted by atomic mass is 32.2. The number of nitrogens with two attached hydrogens (primary N) is 1. The lowest BCUT2D eigenvalue weighted by molar-refractivity contribution is -0.153. The first-order chi connectivity index (χ1) is 18.8. The van der Waals surface area contributed by atoms with Gasteiger partial charge >= 0.3 is 5.97 Å². The lowest BCUT2D eigenvalue weighted by atomic mass is 10.1. The third-order valence-electron chi connectivity index (χ3n) is 5.84. The molecule has 1 fully saturated rings. The molecule has 13 heteroatoms. The van der Waals surface area contributed by atoms with E-state index in [4.69, 9.17) is 20.6 Å². The lowest BCUT2D eigenvalue weighted by Gasteiger charge is -2.49. The molecule has 206 valence electrons. The second-order valence-corrected chi connectivity index (χ2v) is 12.6. The third-order valence-corrected chi connectivity index (χ3v) is 9.82. The van der Waals surface area contributed by atoms with Crippen molar-refractivity contribution in [3.8, 4) is 5.75 Å². The molecule has 0 aromatic heterocycles. The van der Waals surface area contributed by atoms with Crippen molar-refractivity contribution in [1.82, 2.24) is 10.2 Å². The van der Waals surface area contributed by atoms with E-state index in [9.17, 15) is 14.4 Å². The van der Waals surface area contributed by atoms with Gasteiger partial charge in [0.25, 0.3) is 5.91 Å². The number of amidine groups is 1. The number of nitrogens with one attached hydrogen (secondary N) is 2. The number of hydrogen-bond donors (Lipinski definition) is 3. The van der Waals surface area contributed by atoms with Gasteiger partial charge in [0.15, 0.2) is 5.17 Å². The van der Waals surface area contributed by atoms with Crippen molar-refractivity contribution >= 4 is 70.0 Å². The number of benzene rings is 2. The maximum absolute atomic E-state index is 13.5. The van der Waals surface area contributed by atoms with Crippen molar-refractivity contribution in [2.75, 3.05) is 24.9 Å². The Labute approximate surface area is 243 Å². The second kappa shape index (κ2) is 13.6. The summed E-state index contributed by atoms with van der Waals surface area (Å²) >= 11 is 5.50. The third kappa shape index (κ3) is 7.07. The highest BCUT2D eigenvalue weighted by Crippen LogP contribution is 2.46. The Balaban J connectivity index is 1.59. The van der Waals surface area contributed by atoms with Gasteiger partial charge in [0.1, 0.15) is 29.5 Å². The molecule has 0 unspecified atom stereocenters. The Bertz CT molecular complexity index is 1290. The topological polar surface area (TPSA) is 135 Å². The lowest BCUT2D eigenvalue weighted by Crippen LogP contribution is -2.70. The number of carbonyl (C=O) groups is 3. The molecule has 39 heavy (non-hydrogen) atoms. The molecule has 0 bridgehead atoms. The van der Waals surface area contributed by atoms with Gasteiger partial charge in [0, 0.05) is 21.3 Å². The Hall–Kier alpha value is -2.74. The fraction of sp³-hybridized carbons (Fsp3) is 0.308. The number of amides is 2. The SMILES string of the molecule is COc1ccc(COC(=O)C2=C(Sc3ccccc3CSC(=N)N)CS[C@@H]3[C@H](NC(=O)CSC)C(=O)N23)cc1. The van der Waals surface area contributed by atoms with Gasteiger partial charge in [0.05, 0.1) is 12.9 Å². The normalized spacial score (nSPS) is 18.2. The zero-order chi connectivity index (χ0) is 27.9. The van der Waals surface area contributed by atoms with Gasteiger partial charge in [-0.25, -0.2) is 4.79 Å². The van der Waals surface area contributed by atoms with Crippen LogP contribution in [0.15, 0.2) is 64.0 Å². The van der Waals surface area contributed by atoms with Gasteiger partial charge in [0.2, 0.25) is 5.91 Å². The molecule has 4 rings (SSSR count). The Morgan fingerprint density at radius 3 is 2.64 bits per heavy atom. The maximum atomic E-state index is 13.5. The molecule has 0 radical (unpaired) electrons. The maximum Gasteiger partial charge on any atom is 0.356 e. The molecular formula is C26H28N4O5S4. The molecule has 0 spiro atoms. The van der Waals surface area contributed by atoms with E-state index >= 15 is 0 Å². The van der Waals surface area contributed by atoms with E-state index in [0.717, 1.165) is 16.0 Å². The molecule has 9 nitrogen and oxygen atoms in total. The van der Waals surface area contributed by atoms with Crippen LogP contribution in [-0.4, -0.2) is 64.1 Å². The van der Waals surface area contributed by atoms with Crippen LogP contribution < -0.4 is 15.8 Å². The highest BCUT2D eigenvalue weighted by Gasteiger charge is 2.54. The number of carbonyl (C=O) groups excluding carboxylic acids is 3. The molecule has 0 aliphatic carbocycles. The van der Waals surface area contributed by atoms with Gasteiger partial charge in [-0.15, -0.1) is 11.8 Å². The van der Waals surface area contributed by atoms with E-state index in [-0.39, 0.29) is 40.4 Å². The first kappa shape index (κ1) is 29.2. The van der Waals surface area contributed by atoms with Crippen molar-refractivity contribution in [2.45, 2.75) is 28.7 Å². The van der Waals surface area contributed by atoms with Crippen LogP contribution in [0.4, 0.5) is 0 Å². The summed E-state index contributed by atoms with van der Waals surface area (Å²) in [6.45, 7) is 0.0316. The molecule has 2 atom stereocenters. The van der Waals surface area contributed by atoms with E-state index < -0.39 is 12.0 Å². The van der Waals surface area contributed by atoms with Gasteiger partial charge in [-0.3, -0.25) is 19.9 Å². The van der Waals surface area contributed by atoms with E-state index in [1.54, 1.807) is 19.2 Å². The monoisotopic (exact) mass is 604 g/mol. The van der Waals surface area contributed by atoms with Crippen LogP contribution in [-0.2, 0) is 31.5 Å². The summed E-state index contributed by atoms with van der Waals surface area (Å²) in [7, 11) is 1.58. The number of nitrogens with zero attached hydrogens (tertiary/aromatic N) is 1. The predicted octanol–water partition coefficient (Wildman–Crippen LogP) is 3.63. The van der Waals surface area contributed by atoms with Crippen molar-refractivity contribution in [3.05, 3.63) is 70.3 Å². The van der Waals surface area contributed by atoms with E-state index in [2.05, 4.69) is 5.32 Å². The number of hydrogen-bond acceptors (Lipinski definition) is 10. The first-order valence-corrected chi connectivity index (χ1v) is 16.1. The fourth-order valence-electron chi connectivity index (χ4n) is 3.96. The minimum Gasteiger partial charge on any atom is -0.497 e. The van der Waals surface area contributed by atoms with Crippen LogP contribution in [0, 0.1) is 5.41 Å². The molecule has 2 amide bonds. The van der Waals surface area contributed by atoms with E-state index in [1.807, 2.05) is 42.7 Å². The number of ether oxygens (including phenoxy) is 2. The van der Waals surface area contributed by atoms with Gasteiger partial charge < -0.3 is 20.5 Å². The van der Waals surface area contributed by atoms with Gasteiger partial charge in [-0.05, 0) is 35.6 Å². The Kier molecular flexibility index (Phi) is 10.2. The van der Waals surface area contributed by atoms with E-state index in [0.29, 0.717) is 22.2 Å².